The van der Waals surface area contributed by atoms with Gasteiger partial charge in [-0.1, -0.05) is 12.1 Å². The minimum absolute atomic E-state index is 0.182. The van der Waals surface area contributed by atoms with Crippen molar-refractivity contribution in [3.63, 3.8) is 0 Å². The van der Waals surface area contributed by atoms with E-state index in [1.54, 1.807) is 0 Å². The van der Waals surface area contributed by atoms with Crippen LogP contribution < -0.4 is 4.90 Å². The van der Waals surface area contributed by atoms with E-state index < -0.39 is 0 Å². The smallest absolute Gasteiger partial charge is 0.241 e. The largest absolute Gasteiger partial charge is 0.396 e. The van der Waals surface area contributed by atoms with Crippen LogP contribution >= 0.6 is 11.8 Å². The third-order valence-electron chi connectivity index (χ3n) is 4.25. The number of aliphatic hydroxyl groups is 1. The Bertz CT molecular complexity index is 509. The highest BCUT2D eigenvalue weighted by Gasteiger charge is 2.26. The monoisotopic (exact) mass is 306 g/mol. The van der Waals surface area contributed by atoms with E-state index in [0.29, 0.717) is 12.5 Å². The number of rotatable bonds is 3. The molecule has 2 heterocycles. The van der Waals surface area contributed by atoms with Gasteiger partial charge in [0.1, 0.15) is 0 Å². The SMILES string of the molecule is O=C(CN1CCCC(CO)C1)N1CCSc2ccccc21. The van der Waals surface area contributed by atoms with Crippen LogP contribution in [-0.2, 0) is 4.79 Å². The van der Waals surface area contributed by atoms with E-state index in [9.17, 15) is 9.90 Å². The minimum Gasteiger partial charge on any atom is -0.396 e. The number of fused-ring (bicyclic) bond motifs is 1. The average Bonchev–Trinajstić information content (AvgIpc) is 2.54. The predicted octanol–water partition coefficient (Wildman–Crippen LogP) is 1.83. The highest BCUT2D eigenvalue weighted by Crippen LogP contribution is 2.34. The molecule has 4 nitrogen and oxygen atoms in total. The zero-order chi connectivity index (χ0) is 14.7. The number of piperidine rings is 1. The second-order valence-electron chi connectivity index (χ2n) is 5.79. The van der Waals surface area contributed by atoms with Crippen molar-refractivity contribution in [1.82, 2.24) is 4.90 Å². The van der Waals surface area contributed by atoms with E-state index in [1.807, 2.05) is 34.9 Å². The number of hydrogen-bond acceptors (Lipinski definition) is 4. The summed E-state index contributed by atoms with van der Waals surface area (Å²) in [5, 5.41) is 9.30. The van der Waals surface area contributed by atoms with E-state index in [2.05, 4.69) is 11.0 Å². The van der Waals surface area contributed by atoms with Crippen LogP contribution in [0.1, 0.15) is 12.8 Å². The first-order valence-corrected chi connectivity index (χ1v) is 8.62. The van der Waals surface area contributed by atoms with Crippen molar-refractivity contribution in [2.75, 3.05) is 43.4 Å². The lowest BCUT2D eigenvalue weighted by molar-refractivity contribution is -0.120. The number of para-hydroxylation sites is 1. The molecule has 1 atom stereocenters. The summed E-state index contributed by atoms with van der Waals surface area (Å²) in [6.45, 7) is 3.29. The van der Waals surface area contributed by atoms with Gasteiger partial charge in [0.05, 0.1) is 12.2 Å². The molecule has 0 radical (unpaired) electrons. The second-order valence-corrected chi connectivity index (χ2v) is 6.92. The van der Waals surface area contributed by atoms with Crippen LogP contribution in [-0.4, -0.2) is 54.5 Å². The zero-order valence-electron chi connectivity index (χ0n) is 12.2. The highest BCUT2D eigenvalue weighted by molar-refractivity contribution is 7.99. The zero-order valence-corrected chi connectivity index (χ0v) is 13.0. The number of amides is 1. The topological polar surface area (TPSA) is 43.8 Å². The molecule has 0 aliphatic carbocycles. The Balaban J connectivity index is 1.66. The van der Waals surface area contributed by atoms with Gasteiger partial charge in [-0.2, -0.15) is 0 Å². The van der Waals surface area contributed by atoms with E-state index in [4.69, 9.17) is 0 Å². The Labute approximate surface area is 130 Å². The molecule has 0 bridgehead atoms. The molecular formula is C16H22N2O2S. The van der Waals surface area contributed by atoms with Crippen LogP contribution in [0, 0.1) is 5.92 Å². The molecule has 1 fully saturated rings. The van der Waals surface area contributed by atoms with Crippen molar-refractivity contribution < 1.29 is 9.90 Å². The summed E-state index contributed by atoms with van der Waals surface area (Å²) >= 11 is 1.82. The molecule has 1 N–H and O–H groups in total. The summed E-state index contributed by atoms with van der Waals surface area (Å²) < 4.78 is 0. The first-order chi connectivity index (χ1) is 10.3. The van der Waals surface area contributed by atoms with Gasteiger partial charge < -0.3 is 10.0 Å². The molecule has 1 saturated heterocycles. The second kappa shape index (κ2) is 6.81. The lowest BCUT2D eigenvalue weighted by Crippen LogP contribution is -2.46. The summed E-state index contributed by atoms with van der Waals surface area (Å²) in [5.74, 6) is 1.47. The van der Waals surface area contributed by atoms with Gasteiger partial charge in [0, 0.05) is 30.3 Å². The van der Waals surface area contributed by atoms with Gasteiger partial charge in [0.25, 0.3) is 0 Å². The quantitative estimate of drug-likeness (QED) is 0.925. The van der Waals surface area contributed by atoms with Gasteiger partial charge >= 0.3 is 0 Å². The summed E-state index contributed by atoms with van der Waals surface area (Å²) in [7, 11) is 0. The maximum absolute atomic E-state index is 12.6. The molecule has 0 saturated carbocycles. The van der Waals surface area contributed by atoms with Crippen LogP contribution in [0.5, 0.6) is 0 Å². The molecule has 0 aromatic heterocycles. The molecule has 1 aromatic rings. The summed E-state index contributed by atoms with van der Waals surface area (Å²) in [6, 6.07) is 8.14. The standard InChI is InChI=1S/C16H22N2O2S/c19-12-13-4-3-7-17(10-13)11-16(20)18-8-9-21-15-6-2-1-5-14(15)18/h1-2,5-6,13,19H,3-4,7-12H2. The highest BCUT2D eigenvalue weighted by atomic mass is 32.2. The first-order valence-electron chi connectivity index (χ1n) is 7.63. The number of anilines is 1. The Morgan fingerprint density at radius 1 is 1.33 bits per heavy atom. The number of benzene rings is 1. The van der Waals surface area contributed by atoms with Crippen molar-refractivity contribution in [1.29, 1.82) is 0 Å². The third kappa shape index (κ3) is 3.42. The number of likely N-dealkylation sites (tertiary alicyclic amines) is 1. The van der Waals surface area contributed by atoms with Crippen LogP contribution in [0.4, 0.5) is 5.69 Å². The maximum Gasteiger partial charge on any atom is 0.241 e. The van der Waals surface area contributed by atoms with Gasteiger partial charge in [0.15, 0.2) is 0 Å². The Hall–Kier alpha value is -1.04. The number of nitrogens with zero attached hydrogens (tertiary/aromatic N) is 2. The number of aliphatic hydroxyl groups excluding tert-OH is 1. The molecule has 2 aliphatic rings. The molecule has 114 valence electrons. The third-order valence-corrected chi connectivity index (χ3v) is 5.29. The van der Waals surface area contributed by atoms with Gasteiger partial charge in [-0.25, -0.2) is 0 Å². The molecular weight excluding hydrogens is 284 g/mol. The fourth-order valence-corrected chi connectivity index (χ4v) is 4.14. The first kappa shape index (κ1) is 14.9. The molecule has 1 unspecified atom stereocenters. The number of carbonyl (C=O) groups is 1. The van der Waals surface area contributed by atoms with E-state index in [0.717, 1.165) is 43.9 Å². The molecule has 5 heteroatoms. The van der Waals surface area contributed by atoms with Crippen molar-refractivity contribution in [2.24, 2.45) is 5.92 Å². The van der Waals surface area contributed by atoms with Crippen molar-refractivity contribution >= 4 is 23.4 Å². The van der Waals surface area contributed by atoms with Crippen molar-refractivity contribution in [3.05, 3.63) is 24.3 Å². The summed E-state index contributed by atoms with van der Waals surface area (Å²) in [5.41, 5.74) is 1.05. The minimum atomic E-state index is 0.182. The van der Waals surface area contributed by atoms with Crippen LogP contribution in [0.25, 0.3) is 0 Å². The molecule has 1 amide bonds. The molecule has 0 spiro atoms. The van der Waals surface area contributed by atoms with E-state index in [-0.39, 0.29) is 12.5 Å². The van der Waals surface area contributed by atoms with Gasteiger partial charge in [-0.3, -0.25) is 9.69 Å². The molecule has 1 aromatic carbocycles. The van der Waals surface area contributed by atoms with Gasteiger partial charge in [-0.05, 0) is 37.4 Å². The fourth-order valence-electron chi connectivity index (χ4n) is 3.15. The Morgan fingerprint density at radius 2 is 2.19 bits per heavy atom. The van der Waals surface area contributed by atoms with Crippen LogP contribution in [0.15, 0.2) is 29.2 Å². The molecule has 21 heavy (non-hydrogen) atoms. The van der Waals surface area contributed by atoms with Crippen molar-refractivity contribution in [3.8, 4) is 0 Å². The molecule has 3 rings (SSSR count). The van der Waals surface area contributed by atoms with Gasteiger partial charge in [0.2, 0.25) is 5.91 Å². The van der Waals surface area contributed by atoms with E-state index in [1.165, 1.54) is 4.90 Å². The van der Waals surface area contributed by atoms with E-state index >= 15 is 0 Å². The summed E-state index contributed by atoms with van der Waals surface area (Å²) in [6.07, 6.45) is 2.15. The summed E-state index contributed by atoms with van der Waals surface area (Å²) in [4.78, 5) is 18.0. The van der Waals surface area contributed by atoms with Crippen LogP contribution in [0.3, 0.4) is 0 Å². The van der Waals surface area contributed by atoms with Crippen LogP contribution in [0.2, 0.25) is 0 Å². The van der Waals surface area contributed by atoms with Gasteiger partial charge in [-0.15, -0.1) is 11.8 Å². The predicted molar refractivity (Wildman–Crippen MR) is 85.8 cm³/mol. The lowest BCUT2D eigenvalue weighted by atomic mass is 9.99. The maximum atomic E-state index is 12.6. The fraction of sp³-hybridized carbons (Fsp3) is 0.562. The average molecular weight is 306 g/mol. The number of hydrogen-bond donors (Lipinski definition) is 1. The Morgan fingerprint density at radius 3 is 3.05 bits per heavy atom. The van der Waals surface area contributed by atoms with Crippen molar-refractivity contribution in [2.45, 2.75) is 17.7 Å². The number of thioether (sulfide) groups is 1. The number of carbonyl (C=O) groups excluding carboxylic acids is 1. The molecule has 2 aliphatic heterocycles. The Kier molecular flexibility index (Phi) is 4.83. The normalized spacial score (nSPS) is 22.9. The lowest BCUT2D eigenvalue weighted by Gasteiger charge is -2.34.